The van der Waals surface area contributed by atoms with Gasteiger partial charge < -0.3 is 25.2 Å². The van der Waals surface area contributed by atoms with Crippen molar-refractivity contribution in [3.05, 3.63) is 0 Å². The lowest BCUT2D eigenvalue weighted by atomic mass is 10.1. The van der Waals surface area contributed by atoms with E-state index >= 15 is 0 Å². The minimum Gasteiger partial charge on any atom is -0.452 e. The molecule has 0 fully saturated rings. The summed E-state index contributed by atoms with van der Waals surface area (Å²) in [6.07, 6.45) is 5.00. The Morgan fingerprint density at radius 2 is 1.36 bits per heavy atom. The number of ether oxygens (including phenoxy) is 1. The summed E-state index contributed by atoms with van der Waals surface area (Å²) in [6.45, 7) is 0.596. The first-order chi connectivity index (χ1) is 12.0. The van der Waals surface area contributed by atoms with Crippen molar-refractivity contribution in [3.63, 3.8) is 0 Å². The van der Waals surface area contributed by atoms with E-state index in [-0.39, 0.29) is 6.42 Å². The summed E-state index contributed by atoms with van der Waals surface area (Å²) < 4.78 is 4.86. The van der Waals surface area contributed by atoms with Crippen molar-refractivity contribution in [3.8, 4) is 0 Å². The number of aliphatic hydroxyl groups is 4. The fourth-order valence-electron chi connectivity index (χ4n) is 2.46. The molecule has 3 atom stereocenters. The van der Waals surface area contributed by atoms with Crippen LogP contribution in [0.4, 0.5) is 0 Å². The van der Waals surface area contributed by atoms with Crippen LogP contribution in [0.3, 0.4) is 0 Å². The van der Waals surface area contributed by atoms with E-state index < -0.39 is 43.3 Å². The normalized spacial score (nSPS) is 14.8. The number of carbonyl (C=O) groups excluding carboxylic acids is 2. The maximum atomic E-state index is 11.8. The van der Waals surface area contributed by atoms with Crippen molar-refractivity contribution in [2.45, 2.75) is 89.4 Å². The van der Waals surface area contributed by atoms with Crippen LogP contribution in [0.15, 0.2) is 0 Å². The van der Waals surface area contributed by atoms with Crippen LogP contribution in [0.25, 0.3) is 0 Å². The molecule has 0 aromatic rings. The average molecular weight is 362 g/mol. The third-order valence-electron chi connectivity index (χ3n) is 4.08. The summed E-state index contributed by atoms with van der Waals surface area (Å²) in [5.41, 5.74) is 0. The van der Waals surface area contributed by atoms with Crippen LogP contribution in [0.2, 0.25) is 0 Å². The van der Waals surface area contributed by atoms with Gasteiger partial charge in [0.25, 0.3) is 0 Å². The van der Waals surface area contributed by atoms with Crippen molar-refractivity contribution in [2.75, 3.05) is 13.2 Å². The predicted octanol–water partition coefficient (Wildman–Crippen LogP) is 1.09. The Hall–Kier alpha value is -1.02. The van der Waals surface area contributed by atoms with Crippen molar-refractivity contribution in [1.29, 1.82) is 0 Å². The molecule has 148 valence electrons. The van der Waals surface area contributed by atoms with E-state index in [1.807, 2.05) is 0 Å². The van der Waals surface area contributed by atoms with Crippen molar-refractivity contribution in [1.82, 2.24) is 0 Å². The molecule has 0 spiro atoms. The second-order valence-corrected chi connectivity index (χ2v) is 6.34. The highest BCUT2D eigenvalue weighted by Crippen LogP contribution is 2.11. The van der Waals surface area contributed by atoms with Crippen molar-refractivity contribution < 1.29 is 34.8 Å². The van der Waals surface area contributed by atoms with Gasteiger partial charge in [0.2, 0.25) is 5.78 Å². The highest BCUT2D eigenvalue weighted by molar-refractivity contribution is 5.89. The largest absolute Gasteiger partial charge is 0.452 e. The molecule has 7 heteroatoms. The SMILES string of the molecule is CCCCCCCCCCCC(=O)O[C@H](CO)C(=O)[C@H](O)[C@@H](O)CO. The summed E-state index contributed by atoms with van der Waals surface area (Å²) >= 11 is 0. The Bertz CT molecular complexity index is 359. The molecular formula is C18H34O7. The Labute approximate surface area is 150 Å². The second kappa shape index (κ2) is 15.3. The summed E-state index contributed by atoms with van der Waals surface area (Å²) in [7, 11) is 0. The number of unbranched alkanes of at least 4 members (excludes halogenated alkanes) is 8. The molecule has 0 rings (SSSR count). The van der Waals surface area contributed by atoms with Gasteiger partial charge in [0.1, 0.15) is 12.2 Å². The van der Waals surface area contributed by atoms with E-state index in [0.717, 1.165) is 19.3 Å². The Kier molecular flexibility index (Phi) is 14.6. The van der Waals surface area contributed by atoms with Crippen LogP contribution in [0.5, 0.6) is 0 Å². The number of ketones is 1. The number of aliphatic hydroxyl groups excluding tert-OH is 4. The van der Waals surface area contributed by atoms with Gasteiger partial charge in [-0.15, -0.1) is 0 Å². The molecule has 0 unspecified atom stereocenters. The highest BCUT2D eigenvalue weighted by atomic mass is 16.6. The summed E-state index contributed by atoms with van der Waals surface area (Å²) in [5.74, 6) is -1.65. The lowest BCUT2D eigenvalue weighted by Gasteiger charge is -2.20. The lowest BCUT2D eigenvalue weighted by molar-refractivity contribution is -0.163. The maximum absolute atomic E-state index is 11.8. The third kappa shape index (κ3) is 11.3. The van der Waals surface area contributed by atoms with E-state index in [0.29, 0.717) is 6.42 Å². The predicted molar refractivity (Wildman–Crippen MR) is 92.9 cm³/mol. The molecule has 0 bridgehead atoms. The molecule has 0 aromatic carbocycles. The molecule has 0 aromatic heterocycles. The van der Waals surface area contributed by atoms with E-state index in [9.17, 15) is 19.8 Å². The molecule has 0 aliphatic carbocycles. The molecule has 0 heterocycles. The van der Waals surface area contributed by atoms with Crippen molar-refractivity contribution in [2.24, 2.45) is 0 Å². The minimum atomic E-state index is -1.90. The van der Waals surface area contributed by atoms with E-state index in [2.05, 4.69) is 6.92 Å². The summed E-state index contributed by atoms with van der Waals surface area (Å²) in [4.78, 5) is 23.5. The standard InChI is InChI=1S/C18H34O7/c1-2-3-4-5-6-7-8-9-10-11-16(22)25-15(13-20)18(24)17(23)14(21)12-19/h14-15,17,19-21,23H,2-13H2,1H3/t14-,15+,17+/m0/s1. The first-order valence-electron chi connectivity index (χ1n) is 9.28. The molecular weight excluding hydrogens is 328 g/mol. The fraction of sp³-hybridized carbons (Fsp3) is 0.889. The van der Waals surface area contributed by atoms with Gasteiger partial charge in [-0.25, -0.2) is 0 Å². The average Bonchev–Trinajstić information content (AvgIpc) is 2.62. The van der Waals surface area contributed by atoms with Gasteiger partial charge in [-0.05, 0) is 6.42 Å². The molecule has 4 N–H and O–H groups in total. The van der Waals surface area contributed by atoms with Crippen LogP contribution in [-0.4, -0.2) is 63.7 Å². The molecule has 0 aliphatic rings. The zero-order valence-corrected chi connectivity index (χ0v) is 15.2. The molecule has 25 heavy (non-hydrogen) atoms. The topological polar surface area (TPSA) is 124 Å². The van der Waals surface area contributed by atoms with Gasteiger partial charge in [0, 0.05) is 6.42 Å². The molecule has 0 radical (unpaired) electrons. The Balaban J connectivity index is 3.90. The highest BCUT2D eigenvalue weighted by Gasteiger charge is 2.32. The van der Waals surface area contributed by atoms with E-state index in [1.54, 1.807) is 0 Å². The number of carbonyl (C=O) groups is 2. The first-order valence-corrected chi connectivity index (χ1v) is 9.28. The van der Waals surface area contributed by atoms with Crippen molar-refractivity contribution >= 4 is 11.8 Å². The van der Waals surface area contributed by atoms with Gasteiger partial charge in [0.05, 0.1) is 13.2 Å². The van der Waals surface area contributed by atoms with Gasteiger partial charge in [-0.3, -0.25) is 9.59 Å². The lowest BCUT2D eigenvalue weighted by Crippen LogP contribution is -2.45. The maximum Gasteiger partial charge on any atom is 0.306 e. The fourth-order valence-corrected chi connectivity index (χ4v) is 2.46. The number of Topliss-reactive ketones (excluding diaryl/α,β-unsaturated/α-hetero) is 1. The molecule has 0 saturated carbocycles. The smallest absolute Gasteiger partial charge is 0.306 e. The molecule has 7 nitrogen and oxygen atoms in total. The molecule has 0 amide bonds. The zero-order chi connectivity index (χ0) is 19.1. The number of hydrogen-bond acceptors (Lipinski definition) is 7. The summed E-state index contributed by atoms with van der Waals surface area (Å²) in [5, 5.41) is 36.5. The van der Waals surface area contributed by atoms with Gasteiger partial charge in [-0.2, -0.15) is 0 Å². The van der Waals surface area contributed by atoms with Crippen LogP contribution in [0, 0.1) is 0 Å². The molecule has 0 saturated heterocycles. The Morgan fingerprint density at radius 1 is 0.840 bits per heavy atom. The minimum absolute atomic E-state index is 0.137. The van der Waals surface area contributed by atoms with Gasteiger partial charge in [-0.1, -0.05) is 58.3 Å². The number of esters is 1. The zero-order valence-electron chi connectivity index (χ0n) is 15.2. The van der Waals surface area contributed by atoms with E-state index in [1.165, 1.54) is 32.1 Å². The van der Waals surface area contributed by atoms with Crippen LogP contribution >= 0.6 is 0 Å². The number of hydrogen-bond donors (Lipinski definition) is 4. The summed E-state index contributed by atoms with van der Waals surface area (Å²) in [6, 6.07) is 0. The molecule has 0 aliphatic heterocycles. The first kappa shape index (κ1) is 24.0. The van der Waals surface area contributed by atoms with Gasteiger partial charge >= 0.3 is 5.97 Å². The van der Waals surface area contributed by atoms with E-state index in [4.69, 9.17) is 14.9 Å². The second-order valence-electron chi connectivity index (χ2n) is 6.34. The van der Waals surface area contributed by atoms with Crippen LogP contribution in [-0.2, 0) is 14.3 Å². The quantitative estimate of drug-likeness (QED) is 0.239. The Morgan fingerprint density at radius 3 is 1.84 bits per heavy atom. The monoisotopic (exact) mass is 362 g/mol. The van der Waals surface area contributed by atoms with Gasteiger partial charge in [0.15, 0.2) is 6.10 Å². The van der Waals surface area contributed by atoms with Crippen LogP contribution in [0.1, 0.15) is 71.1 Å². The van der Waals surface area contributed by atoms with Crippen LogP contribution < -0.4 is 0 Å². The third-order valence-corrected chi connectivity index (χ3v) is 4.08. The number of rotatable bonds is 16.